The highest BCUT2D eigenvalue weighted by molar-refractivity contribution is 6.35. The standard InChI is InChI=1S/C14H17N3O4/c1-16-2-3-17(14(19)13(16)18)8-9-6-11-12(7-10(9)15)21-5-4-20-11/h6-7H,2-5,8,15H2,1H3. The molecule has 1 fully saturated rings. The number of nitrogens with zero attached hydrogens (tertiary/aromatic N) is 2. The molecule has 0 unspecified atom stereocenters. The summed E-state index contributed by atoms with van der Waals surface area (Å²) in [6.45, 7) is 2.30. The molecule has 0 aromatic heterocycles. The Kier molecular flexibility index (Phi) is 3.32. The van der Waals surface area contributed by atoms with Crippen molar-refractivity contribution in [3.63, 3.8) is 0 Å². The average Bonchev–Trinajstić information content (AvgIpc) is 2.48. The Bertz CT molecular complexity index is 602. The van der Waals surface area contributed by atoms with E-state index >= 15 is 0 Å². The third kappa shape index (κ3) is 2.46. The van der Waals surface area contributed by atoms with Crippen LogP contribution in [0.1, 0.15) is 5.56 Å². The molecule has 2 amide bonds. The number of fused-ring (bicyclic) bond motifs is 1. The molecule has 2 aliphatic heterocycles. The van der Waals surface area contributed by atoms with Gasteiger partial charge < -0.3 is 25.0 Å². The number of ether oxygens (including phenoxy) is 2. The van der Waals surface area contributed by atoms with E-state index < -0.39 is 11.8 Å². The van der Waals surface area contributed by atoms with Gasteiger partial charge in [0.25, 0.3) is 0 Å². The summed E-state index contributed by atoms with van der Waals surface area (Å²) >= 11 is 0. The minimum absolute atomic E-state index is 0.293. The van der Waals surface area contributed by atoms with Crippen molar-refractivity contribution in [1.29, 1.82) is 0 Å². The van der Waals surface area contributed by atoms with Crippen molar-refractivity contribution < 1.29 is 19.1 Å². The molecule has 3 rings (SSSR count). The van der Waals surface area contributed by atoms with Gasteiger partial charge in [0.1, 0.15) is 13.2 Å². The summed E-state index contributed by atoms with van der Waals surface area (Å²) in [5.74, 6) is 0.247. The minimum Gasteiger partial charge on any atom is -0.486 e. The number of hydrogen-bond acceptors (Lipinski definition) is 5. The normalized spacial score (nSPS) is 18.1. The van der Waals surface area contributed by atoms with E-state index in [1.807, 2.05) is 0 Å². The number of carbonyl (C=O) groups excluding carboxylic acids is 2. The quantitative estimate of drug-likeness (QED) is 0.604. The SMILES string of the molecule is CN1CCN(Cc2cc3c(cc2N)OCCO3)C(=O)C1=O. The van der Waals surface area contributed by atoms with Crippen LogP contribution in [0.3, 0.4) is 0 Å². The molecule has 2 heterocycles. The Labute approximate surface area is 122 Å². The zero-order valence-electron chi connectivity index (χ0n) is 11.8. The fourth-order valence-electron chi connectivity index (χ4n) is 2.41. The minimum atomic E-state index is -0.502. The summed E-state index contributed by atoms with van der Waals surface area (Å²) in [6, 6.07) is 3.48. The molecule has 7 nitrogen and oxygen atoms in total. The van der Waals surface area contributed by atoms with Gasteiger partial charge in [-0.05, 0) is 11.6 Å². The number of nitrogens with two attached hydrogens (primary N) is 1. The Morgan fingerprint density at radius 2 is 1.76 bits per heavy atom. The van der Waals surface area contributed by atoms with Crippen LogP contribution in [0.15, 0.2) is 12.1 Å². The van der Waals surface area contributed by atoms with Crippen LogP contribution in [-0.4, -0.2) is 55.0 Å². The number of piperazine rings is 1. The number of likely N-dealkylation sites (N-methyl/N-ethyl adjacent to an activating group) is 1. The van der Waals surface area contributed by atoms with Crippen molar-refractivity contribution in [3.05, 3.63) is 17.7 Å². The largest absolute Gasteiger partial charge is 0.486 e. The van der Waals surface area contributed by atoms with E-state index in [-0.39, 0.29) is 0 Å². The summed E-state index contributed by atoms with van der Waals surface area (Å²) in [7, 11) is 1.62. The first-order chi connectivity index (χ1) is 10.1. The summed E-state index contributed by atoms with van der Waals surface area (Å²) in [6.07, 6.45) is 0. The molecule has 7 heteroatoms. The molecule has 0 saturated carbocycles. The Balaban J connectivity index is 1.82. The predicted octanol–water partition coefficient (Wildman–Crippen LogP) is -0.159. The fourth-order valence-corrected chi connectivity index (χ4v) is 2.41. The third-order valence-corrected chi connectivity index (χ3v) is 3.69. The molecule has 2 aliphatic rings. The predicted molar refractivity (Wildman–Crippen MR) is 74.9 cm³/mol. The molecule has 2 N–H and O–H groups in total. The highest BCUT2D eigenvalue weighted by Crippen LogP contribution is 2.35. The van der Waals surface area contributed by atoms with E-state index in [4.69, 9.17) is 15.2 Å². The van der Waals surface area contributed by atoms with Gasteiger partial charge in [-0.15, -0.1) is 0 Å². The van der Waals surface area contributed by atoms with Gasteiger partial charge in [0, 0.05) is 38.4 Å². The number of hydrogen-bond donors (Lipinski definition) is 1. The van der Waals surface area contributed by atoms with Crippen LogP contribution >= 0.6 is 0 Å². The van der Waals surface area contributed by atoms with Crippen LogP contribution in [0.2, 0.25) is 0 Å². The summed E-state index contributed by atoms with van der Waals surface area (Å²) in [5, 5.41) is 0. The van der Waals surface area contributed by atoms with E-state index in [0.717, 1.165) is 5.56 Å². The van der Waals surface area contributed by atoms with E-state index in [0.29, 0.717) is 50.0 Å². The number of amides is 2. The van der Waals surface area contributed by atoms with Crippen LogP contribution in [0, 0.1) is 0 Å². The second-order valence-corrected chi connectivity index (χ2v) is 5.15. The van der Waals surface area contributed by atoms with Crippen molar-refractivity contribution in [1.82, 2.24) is 9.80 Å². The van der Waals surface area contributed by atoms with E-state index in [1.165, 1.54) is 9.80 Å². The zero-order valence-corrected chi connectivity index (χ0v) is 11.8. The highest BCUT2D eigenvalue weighted by atomic mass is 16.6. The van der Waals surface area contributed by atoms with Gasteiger partial charge in [-0.3, -0.25) is 9.59 Å². The van der Waals surface area contributed by atoms with Crippen LogP contribution in [-0.2, 0) is 16.1 Å². The molecule has 0 atom stereocenters. The van der Waals surface area contributed by atoms with E-state index in [2.05, 4.69) is 0 Å². The number of carbonyl (C=O) groups is 2. The molecule has 1 saturated heterocycles. The molecule has 0 aliphatic carbocycles. The van der Waals surface area contributed by atoms with Gasteiger partial charge in [-0.2, -0.15) is 0 Å². The Hall–Kier alpha value is -2.44. The third-order valence-electron chi connectivity index (χ3n) is 3.69. The lowest BCUT2D eigenvalue weighted by Crippen LogP contribution is -2.52. The second kappa shape index (κ2) is 5.16. The summed E-state index contributed by atoms with van der Waals surface area (Å²) in [5.41, 5.74) is 7.28. The van der Waals surface area contributed by atoms with Crippen molar-refractivity contribution in [2.24, 2.45) is 0 Å². The first kappa shape index (κ1) is 13.5. The highest BCUT2D eigenvalue weighted by Gasteiger charge is 2.30. The first-order valence-corrected chi connectivity index (χ1v) is 6.78. The molecule has 112 valence electrons. The van der Waals surface area contributed by atoms with Crippen LogP contribution in [0.5, 0.6) is 11.5 Å². The van der Waals surface area contributed by atoms with E-state index in [9.17, 15) is 9.59 Å². The monoisotopic (exact) mass is 291 g/mol. The molecular weight excluding hydrogens is 274 g/mol. The average molecular weight is 291 g/mol. The maximum Gasteiger partial charge on any atom is 0.312 e. The van der Waals surface area contributed by atoms with Crippen molar-refractivity contribution in [3.8, 4) is 11.5 Å². The molecule has 1 aromatic carbocycles. The topological polar surface area (TPSA) is 85.1 Å². The first-order valence-electron chi connectivity index (χ1n) is 6.78. The van der Waals surface area contributed by atoms with Crippen molar-refractivity contribution in [2.75, 3.05) is 39.1 Å². The van der Waals surface area contributed by atoms with Crippen molar-refractivity contribution >= 4 is 17.5 Å². The zero-order chi connectivity index (χ0) is 15.0. The molecular formula is C14H17N3O4. The van der Waals surface area contributed by atoms with Gasteiger partial charge in [0.15, 0.2) is 11.5 Å². The smallest absolute Gasteiger partial charge is 0.312 e. The van der Waals surface area contributed by atoms with Gasteiger partial charge in [-0.25, -0.2) is 0 Å². The lowest BCUT2D eigenvalue weighted by molar-refractivity contribution is -0.155. The molecule has 0 spiro atoms. The Morgan fingerprint density at radius 3 is 2.48 bits per heavy atom. The fraction of sp³-hybridized carbons (Fsp3) is 0.429. The maximum atomic E-state index is 12.0. The second-order valence-electron chi connectivity index (χ2n) is 5.15. The molecule has 0 radical (unpaired) electrons. The molecule has 1 aromatic rings. The van der Waals surface area contributed by atoms with Gasteiger partial charge in [0.05, 0.1) is 0 Å². The van der Waals surface area contributed by atoms with E-state index in [1.54, 1.807) is 19.2 Å². The van der Waals surface area contributed by atoms with Crippen LogP contribution < -0.4 is 15.2 Å². The number of benzene rings is 1. The summed E-state index contributed by atoms with van der Waals surface area (Å²) in [4.78, 5) is 26.6. The van der Waals surface area contributed by atoms with Crippen LogP contribution in [0.4, 0.5) is 5.69 Å². The molecule has 0 bridgehead atoms. The van der Waals surface area contributed by atoms with Gasteiger partial charge in [0.2, 0.25) is 0 Å². The number of nitrogen functional groups attached to an aromatic ring is 1. The van der Waals surface area contributed by atoms with Crippen LogP contribution in [0.25, 0.3) is 0 Å². The van der Waals surface area contributed by atoms with Gasteiger partial charge in [-0.1, -0.05) is 0 Å². The number of anilines is 1. The van der Waals surface area contributed by atoms with Gasteiger partial charge >= 0.3 is 11.8 Å². The maximum absolute atomic E-state index is 12.0. The lowest BCUT2D eigenvalue weighted by Gasteiger charge is -2.32. The summed E-state index contributed by atoms with van der Waals surface area (Å²) < 4.78 is 11.0. The number of rotatable bonds is 2. The van der Waals surface area contributed by atoms with Crippen molar-refractivity contribution in [2.45, 2.75) is 6.54 Å². The Morgan fingerprint density at radius 1 is 1.10 bits per heavy atom. The molecule has 21 heavy (non-hydrogen) atoms. The lowest BCUT2D eigenvalue weighted by atomic mass is 10.1.